The van der Waals surface area contributed by atoms with Gasteiger partial charge in [0, 0.05) is 31.3 Å². The van der Waals surface area contributed by atoms with Crippen LogP contribution in [0.25, 0.3) is 0 Å². The van der Waals surface area contributed by atoms with Gasteiger partial charge < -0.3 is 14.8 Å². The van der Waals surface area contributed by atoms with Crippen LogP contribution in [0.1, 0.15) is 37.1 Å². The lowest BCUT2D eigenvalue weighted by atomic mass is 9.94. The predicted octanol–water partition coefficient (Wildman–Crippen LogP) is 2.66. The molecular weight excluding hydrogens is 308 g/mol. The third-order valence-electron chi connectivity index (χ3n) is 4.20. The van der Waals surface area contributed by atoms with Crippen molar-refractivity contribution < 1.29 is 14.6 Å². The molecule has 3 heterocycles. The lowest BCUT2D eigenvalue weighted by Gasteiger charge is -2.35. The Balaban J connectivity index is 1.70. The maximum absolute atomic E-state index is 11.5. The first kappa shape index (κ1) is 16.3. The highest BCUT2D eigenvalue weighted by molar-refractivity contribution is 5.66. The molecule has 7 heteroatoms. The van der Waals surface area contributed by atoms with Crippen molar-refractivity contribution in [2.24, 2.45) is 5.92 Å². The summed E-state index contributed by atoms with van der Waals surface area (Å²) in [6, 6.07) is 3.49. The zero-order valence-corrected chi connectivity index (χ0v) is 13.9. The van der Waals surface area contributed by atoms with Gasteiger partial charge in [0.05, 0.1) is 24.5 Å². The van der Waals surface area contributed by atoms with Crippen molar-refractivity contribution in [2.75, 3.05) is 13.2 Å². The van der Waals surface area contributed by atoms with Gasteiger partial charge in [0.2, 0.25) is 0 Å². The van der Waals surface area contributed by atoms with Gasteiger partial charge in [0.15, 0.2) is 0 Å². The second-order valence-corrected chi connectivity index (χ2v) is 6.25. The summed E-state index contributed by atoms with van der Waals surface area (Å²) in [4.78, 5) is 25.0. The van der Waals surface area contributed by atoms with Gasteiger partial charge >= 0.3 is 6.09 Å². The molecule has 2 aromatic heterocycles. The highest BCUT2D eigenvalue weighted by Crippen LogP contribution is 2.33. The van der Waals surface area contributed by atoms with Gasteiger partial charge in [-0.25, -0.2) is 9.78 Å². The number of nitrogens with one attached hydrogen (secondary N) is 1. The Hall–Kier alpha value is -2.57. The Morgan fingerprint density at radius 2 is 2.38 bits per heavy atom. The van der Waals surface area contributed by atoms with Crippen LogP contribution in [0.3, 0.4) is 0 Å². The molecule has 0 fully saturated rings. The first-order valence-corrected chi connectivity index (χ1v) is 8.16. The number of carboxylic acid groups (broad SMARTS) is 1. The van der Waals surface area contributed by atoms with E-state index in [1.54, 1.807) is 12.4 Å². The summed E-state index contributed by atoms with van der Waals surface area (Å²) in [6.07, 6.45) is 3.80. The van der Waals surface area contributed by atoms with Crippen LogP contribution < -0.4 is 4.74 Å². The van der Waals surface area contributed by atoms with Gasteiger partial charge in [-0.3, -0.25) is 9.88 Å². The number of amides is 1. The SMILES string of the molecule is CC(C)C1c2nc(CCOc3cccnc3)[nH]c2CCN1C(=O)O. The third kappa shape index (κ3) is 3.34. The van der Waals surface area contributed by atoms with Crippen LogP contribution in [0.5, 0.6) is 5.75 Å². The van der Waals surface area contributed by atoms with Crippen molar-refractivity contribution in [2.45, 2.75) is 32.7 Å². The number of aromatic amines is 1. The Morgan fingerprint density at radius 1 is 1.54 bits per heavy atom. The van der Waals surface area contributed by atoms with Crippen LogP contribution in [-0.4, -0.2) is 44.2 Å². The maximum Gasteiger partial charge on any atom is 0.407 e. The molecule has 0 saturated carbocycles. The summed E-state index contributed by atoms with van der Waals surface area (Å²) >= 11 is 0. The molecule has 0 bridgehead atoms. The number of H-pyrrole nitrogens is 1. The fourth-order valence-electron chi connectivity index (χ4n) is 3.14. The second kappa shape index (κ2) is 6.90. The molecule has 2 aromatic rings. The lowest BCUT2D eigenvalue weighted by Crippen LogP contribution is -2.41. The highest BCUT2D eigenvalue weighted by atomic mass is 16.5. The molecule has 24 heavy (non-hydrogen) atoms. The molecule has 1 amide bonds. The molecule has 0 aliphatic carbocycles. The smallest absolute Gasteiger partial charge is 0.407 e. The van der Waals surface area contributed by atoms with Crippen molar-refractivity contribution in [1.82, 2.24) is 19.9 Å². The zero-order chi connectivity index (χ0) is 17.1. The molecule has 0 aromatic carbocycles. The van der Waals surface area contributed by atoms with Crippen molar-refractivity contribution in [3.05, 3.63) is 41.7 Å². The highest BCUT2D eigenvalue weighted by Gasteiger charge is 2.35. The normalized spacial score (nSPS) is 17.0. The standard InChI is InChI=1S/C17H22N4O3/c1-11(2)16-15-13(5-8-21(16)17(22)23)19-14(20-15)6-9-24-12-4-3-7-18-10-12/h3-4,7,10-11,16H,5-6,8-9H2,1-2H3,(H,19,20)(H,22,23). The van der Waals surface area contributed by atoms with Crippen LogP contribution in [0.15, 0.2) is 24.5 Å². The van der Waals surface area contributed by atoms with E-state index in [0.29, 0.717) is 26.0 Å². The van der Waals surface area contributed by atoms with Crippen molar-refractivity contribution >= 4 is 6.09 Å². The quantitative estimate of drug-likeness (QED) is 0.879. The van der Waals surface area contributed by atoms with Gasteiger partial charge in [-0.1, -0.05) is 13.8 Å². The first-order valence-electron chi connectivity index (χ1n) is 8.16. The third-order valence-corrected chi connectivity index (χ3v) is 4.20. The number of nitrogens with zero attached hydrogens (tertiary/aromatic N) is 3. The van der Waals surface area contributed by atoms with E-state index in [9.17, 15) is 9.90 Å². The topological polar surface area (TPSA) is 91.3 Å². The van der Waals surface area contributed by atoms with Crippen molar-refractivity contribution in [3.63, 3.8) is 0 Å². The molecule has 1 atom stereocenters. The molecule has 128 valence electrons. The number of pyridine rings is 1. The Labute approximate surface area is 140 Å². The fraction of sp³-hybridized carbons (Fsp3) is 0.471. The van der Waals surface area contributed by atoms with Crippen molar-refractivity contribution in [3.8, 4) is 5.75 Å². The van der Waals surface area contributed by atoms with Crippen molar-refractivity contribution in [1.29, 1.82) is 0 Å². The molecular formula is C17H22N4O3. The Kier molecular flexibility index (Phi) is 4.69. The number of rotatable bonds is 5. The summed E-state index contributed by atoms with van der Waals surface area (Å²) in [5.74, 6) is 1.73. The number of carbonyl (C=O) groups is 1. The molecule has 1 aliphatic rings. The van der Waals surface area contributed by atoms with Crippen LogP contribution in [-0.2, 0) is 12.8 Å². The lowest BCUT2D eigenvalue weighted by molar-refractivity contribution is 0.103. The molecule has 0 radical (unpaired) electrons. The summed E-state index contributed by atoms with van der Waals surface area (Å²) < 4.78 is 5.65. The minimum atomic E-state index is -0.885. The monoisotopic (exact) mass is 330 g/mol. The predicted molar refractivity (Wildman–Crippen MR) is 88.0 cm³/mol. The molecule has 0 saturated heterocycles. The van der Waals surface area contributed by atoms with E-state index in [1.807, 2.05) is 26.0 Å². The van der Waals surface area contributed by atoms with Gasteiger partial charge in [0.25, 0.3) is 0 Å². The number of ether oxygens (including phenoxy) is 1. The van der Waals surface area contributed by atoms with Crippen LogP contribution in [0.4, 0.5) is 4.79 Å². The Bertz CT molecular complexity index is 699. The molecule has 1 aliphatic heterocycles. The Morgan fingerprint density at radius 3 is 3.04 bits per heavy atom. The average molecular weight is 330 g/mol. The van der Waals surface area contributed by atoms with Crippen LogP contribution in [0, 0.1) is 5.92 Å². The van der Waals surface area contributed by atoms with Gasteiger partial charge in [-0.05, 0) is 18.1 Å². The van der Waals surface area contributed by atoms with E-state index < -0.39 is 6.09 Å². The summed E-state index contributed by atoms with van der Waals surface area (Å²) in [5.41, 5.74) is 1.90. The minimum Gasteiger partial charge on any atom is -0.492 e. The largest absolute Gasteiger partial charge is 0.492 e. The van der Waals surface area contributed by atoms with Crippen LogP contribution >= 0.6 is 0 Å². The summed E-state index contributed by atoms with van der Waals surface area (Å²) in [5, 5.41) is 9.42. The van der Waals surface area contributed by atoms with E-state index in [1.165, 1.54) is 4.90 Å². The molecule has 3 rings (SSSR count). The summed E-state index contributed by atoms with van der Waals surface area (Å²) in [7, 11) is 0. The van der Waals surface area contributed by atoms with Gasteiger partial charge in [-0.2, -0.15) is 0 Å². The van der Waals surface area contributed by atoms with Gasteiger partial charge in [0.1, 0.15) is 11.6 Å². The molecule has 2 N–H and O–H groups in total. The van der Waals surface area contributed by atoms with Crippen LogP contribution in [0.2, 0.25) is 0 Å². The number of hydrogen-bond donors (Lipinski definition) is 2. The molecule has 1 unspecified atom stereocenters. The van der Waals surface area contributed by atoms with E-state index in [0.717, 1.165) is 23.0 Å². The van der Waals surface area contributed by atoms with E-state index in [4.69, 9.17) is 4.74 Å². The number of fused-ring (bicyclic) bond motifs is 1. The van der Waals surface area contributed by atoms with E-state index >= 15 is 0 Å². The maximum atomic E-state index is 11.5. The molecule has 7 nitrogen and oxygen atoms in total. The zero-order valence-electron chi connectivity index (χ0n) is 13.9. The van der Waals surface area contributed by atoms with E-state index in [-0.39, 0.29) is 12.0 Å². The minimum absolute atomic E-state index is 0.169. The first-order chi connectivity index (χ1) is 11.6. The fourth-order valence-corrected chi connectivity index (χ4v) is 3.14. The number of aromatic nitrogens is 3. The second-order valence-electron chi connectivity index (χ2n) is 6.25. The summed E-state index contributed by atoms with van der Waals surface area (Å²) in [6.45, 7) is 5.04. The molecule has 0 spiro atoms. The van der Waals surface area contributed by atoms with E-state index in [2.05, 4.69) is 15.0 Å². The number of hydrogen-bond acceptors (Lipinski definition) is 4. The number of imidazole rings is 1. The average Bonchev–Trinajstić information content (AvgIpc) is 2.97. The van der Waals surface area contributed by atoms with Gasteiger partial charge in [-0.15, -0.1) is 0 Å².